The quantitative estimate of drug-likeness (QED) is 0.353. The molecule has 0 bridgehead atoms. The molecule has 0 fully saturated rings. The predicted molar refractivity (Wildman–Crippen MR) is 108 cm³/mol. The molecule has 1 aromatic heterocycles. The molecule has 0 aliphatic carbocycles. The van der Waals surface area contributed by atoms with E-state index in [1.807, 2.05) is 41.8 Å². The van der Waals surface area contributed by atoms with Crippen molar-refractivity contribution in [3.05, 3.63) is 82.7 Å². The van der Waals surface area contributed by atoms with Gasteiger partial charge in [-0.2, -0.15) is 5.10 Å². The Kier molecular flexibility index (Phi) is 4.46. The summed E-state index contributed by atoms with van der Waals surface area (Å²) in [5.41, 5.74) is 5.98. The number of aromatic nitrogens is 1. The van der Waals surface area contributed by atoms with Crippen LogP contribution in [0.4, 0.5) is 5.13 Å². The van der Waals surface area contributed by atoms with E-state index in [0.717, 1.165) is 27.0 Å². The number of rotatable bonds is 4. The molecule has 0 amide bonds. The van der Waals surface area contributed by atoms with Crippen LogP contribution in [0.1, 0.15) is 5.56 Å². The lowest BCUT2D eigenvalue weighted by Gasteiger charge is -1.99. The van der Waals surface area contributed by atoms with Gasteiger partial charge in [0.25, 0.3) is 0 Å². The molecule has 1 heterocycles. The Morgan fingerprint density at radius 2 is 1.76 bits per heavy atom. The third kappa shape index (κ3) is 3.71. The van der Waals surface area contributed by atoms with Crippen LogP contribution in [0.2, 0.25) is 5.02 Å². The number of hydrazone groups is 1. The Labute approximate surface area is 154 Å². The maximum atomic E-state index is 5.92. The molecule has 5 heteroatoms. The first-order valence-electron chi connectivity index (χ1n) is 7.77. The second-order valence-corrected chi connectivity index (χ2v) is 6.82. The molecule has 4 aromatic rings. The molecule has 0 saturated heterocycles. The highest BCUT2D eigenvalue weighted by molar-refractivity contribution is 7.14. The minimum atomic E-state index is 0.720. The minimum Gasteiger partial charge on any atom is -0.253 e. The van der Waals surface area contributed by atoms with E-state index in [2.05, 4.69) is 45.8 Å². The molecule has 3 aromatic carbocycles. The number of fused-ring (bicyclic) bond motifs is 1. The van der Waals surface area contributed by atoms with Crippen LogP contribution in [0.3, 0.4) is 0 Å². The number of hydrogen-bond donors (Lipinski definition) is 1. The predicted octanol–water partition coefficient (Wildman–Crippen LogP) is 6.06. The van der Waals surface area contributed by atoms with Crippen LogP contribution in [0.5, 0.6) is 0 Å². The second-order valence-electron chi connectivity index (χ2n) is 5.52. The Morgan fingerprint density at radius 1 is 0.960 bits per heavy atom. The Bertz CT molecular complexity index is 1040. The first-order valence-corrected chi connectivity index (χ1v) is 9.03. The number of thiazole rings is 1. The molecule has 1 N–H and O–H groups in total. The summed E-state index contributed by atoms with van der Waals surface area (Å²) in [4.78, 5) is 4.54. The summed E-state index contributed by atoms with van der Waals surface area (Å²) in [7, 11) is 0. The van der Waals surface area contributed by atoms with Gasteiger partial charge in [-0.15, -0.1) is 11.3 Å². The molecule has 0 unspecified atom stereocenters. The number of benzene rings is 3. The largest absolute Gasteiger partial charge is 0.253 e. The van der Waals surface area contributed by atoms with Gasteiger partial charge in [-0.1, -0.05) is 60.1 Å². The van der Waals surface area contributed by atoms with Crippen LogP contribution in [0, 0.1) is 0 Å². The zero-order valence-electron chi connectivity index (χ0n) is 13.2. The van der Waals surface area contributed by atoms with Gasteiger partial charge in [0, 0.05) is 16.0 Å². The van der Waals surface area contributed by atoms with Crippen molar-refractivity contribution in [1.29, 1.82) is 0 Å². The highest BCUT2D eigenvalue weighted by atomic mass is 35.5. The third-order valence-corrected chi connectivity index (χ3v) is 4.79. The van der Waals surface area contributed by atoms with Crippen molar-refractivity contribution in [1.82, 2.24) is 4.98 Å². The molecule has 0 spiro atoms. The van der Waals surface area contributed by atoms with Gasteiger partial charge in [0.2, 0.25) is 5.13 Å². The van der Waals surface area contributed by atoms with E-state index in [1.54, 1.807) is 6.21 Å². The van der Waals surface area contributed by atoms with E-state index in [9.17, 15) is 0 Å². The van der Waals surface area contributed by atoms with Crippen molar-refractivity contribution in [2.75, 3.05) is 5.43 Å². The van der Waals surface area contributed by atoms with Crippen molar-refractivity contribution < 1.29 is 0 Å². The number of halogens is 1. The molecular formula is C20H14ClN3S. The van der Waals surface area contributed by atoms with Crippen molar-refractivity contribution in [2.24, 2.45) is 5.10 Å². The first kappa shape index (κ1) is 15.8. The SMILES string of the molecule is Clc1ccc(-c2csc(N/N=C/c3ccc4ccccc4c3)n2)cc1. The average Bonchev–Trinajstić information content (AvgIpc) is 3.11. The highest BCUT2D eigenvalue weighted by Gasteiger charge is 2.03. The topological polar surface area (TPSA) is 37.3 Å². The van der Waals surface area contributed by atoms with Crippen molar-refractivity contribution in [3.63, 3.8) is 0 Å². The van der Waals surface area contributed by atoms with E-state index in [4.69, 9.17) is 11.6 Å². The summed E-state index contributed by atoms with van der Waals surface area (Å²) in [6.45, 7) is 0. The monoisotopic (exact) mass is 363 g/mol. The zero-order chi connectivity index (χ0) is 17.1. The summed E-state index contributed by atoms with van der Waals surface area (Å²) in [5, 5.41) is 10.2. The Balaban J connectivity index is 1.47. The van der Waals surface area contributed by atoms with Gasteiger partial charge < -0.3 is 0 Å². The second kappa shape index (κ2) is 7.05. The summed E-state index contributed by atoms with van der Waals surface area (Å²) in [6, 6.07) is 22.2. The molecule has 25 heavy (non-hydrogen) atoms. The number of anilines is 1. The maximum absolute atomic E-state index is 5.92. The Morgan fingerprint density at radius 3 is 2.60 bits per heavy atom. The van der Waals surface area contributed by atoms with Gasteiger partial charge >= 0.3 is 0 Å². The van der Waals surface area contributed by atoms with E-state index in [0.29, 0.717) is 0 Å². The summed E-state index contributed by atoms with van der Waals surface area (Å²) >= 11 is 7.44. The first-order chi connectivity index (χ1) is 12.3. The fourth-order valence-corrected chi connectivity index (χ4v) is 3.32. The minimum absolute atomic E-state index is 0.720. The lowest BCUT2D eigenvalue weighted by atomic mass is 10.1. The summed E-state index contributed by atoms with van der Waals surface area (Å²) < 4.78 is 0. The number of hydrogen-bond acceptors (Lipinski definition) is 4. The molecule has 4 rings (SSSR count). The van der Waals surface area contributed by atoms with E-state index in [-0.39, 0.29) is 0 Å². The van der Waals surface area contributed by atoms with Crippen LogP contribution in [0.15, 0.2) is 77.2 Å². The number of nitrogens with one attached hydrogen (secondary N) is 1. The van der Waals surface area contributed by atoms with Crippen molar-refractivity contribution in [3.8, 4) is 11.3 Å². The van der Waals surface area contributed by atoms with Crippen LogP contribution < -0.4 is 5.43 Å². The molecular weight excluding hydrogens is 350 g/mol. The molecule has 0 saturated carbocycles. The van der Waals surface area contributed by atoms with Gasteiger partial charge in [-0.25, -0.2) is 4.98 Å². The molecule has 3 nitrogen and oxygen atoms in total. The molecule has 122 valence electrons. The van der Waals surface area contributed by atoms with Crippen LogP contribution in [-0.2, 0) is 0 Å². The molecule has 0 atom stereocenters. The highest BCUT2D eigenvalue weighted by Crippen LogP contribution is 2.26. The van der Waals surface area contributed by atoms with Crippen LogP contribution >= 0.6 is 22.9 Å². The zero-order valence-corrected chi connectivity index (χ0v) is 14.8. The summed E-state index contributed by atoms with van der Waals surface area (Å²) in [6.07, 6.45) is 1.80. The van der Waals surface area contributed by atoms with E-state index in [1.165, 1.54) is 22.1 Å². The standard InChI is InChI=1S/C20H14ClN3S/c21-18-9-7-16(8-10-18)19-13-25-20(23-19)24-22-12-14-5-6-15-3-1-2-4-17(15)11-14/h1-13H,(H,23,24)/b22-12+. The molecule has 0 radical (unpaired) electrons. The fraction of sp³-hybridized carbons (Fsp3) is 0. The van der Waals surface area contributed by atoms with E-state index >= 15 is 0 Å². The average molecular weight is 364 g/mol. The fourth-order valence-electron chi connectivity index (χ4n) is 2.53. The van der Waals surface area contributed by atoms with Crippen LogP contribution in [-0.4, -0.2) is 11.2 Å². The smallest absolute Gasteiger partial charge is 0.203 e. The molecule has 0 aliphatic heterocycles. The van der Waals surface area contributed by atoms with Gasteiger partial charge in [0.15, 0.2) is 0 Å². The summed E-state index contributed by atoms with van der Waals surface area (Å²) in [5.74, 6) is 0. The van der Waals surface area contributed by atoms with E-state index < -0.39 is 0 Å². The Hall–Kier alpha value is -2.69. The van der Waals surface area contributed by atoms with Crippen molar-refractivity contribution in [2.45, 2.75) is 0 Å². The van der Waals surface area contributed by atoms with Crippen molar-refractivity contribution >= 4 is 45.1 Å². The molecule has 0 aliphatic rings. The van der Waals surface area contributed by atoms with Gasteiger partial charge in [0.05, 0.1) is 11.9 Å². The van der Waals surface area contributed by atoms with Gasteiger partial charge in [-0.3, -0.25) is 5.43 Å². The lowest BCUT2D eigenvalue weighted by Crippen LogP contribution is -1.90. The lowest BCUT2D eigenvalue weighted by molar-refractivity contribution is 1.29. The van der Waals surface area contributed by atoms with Gasteiger partial charge in [0.1, 0.15) is 0 Å². The van der Waals surface area contributed by atoms with Gasteiger partial charge in [-0.05, 0) is 34.5 Å². The number of nitrogens with zero attached hydrogens (tertiary/aromatic N) is 2. The maximum Gasteiger partial charge on any atom is 0.203 e. The third-order valence-electron chi connectivity index (χ3n) is 3.79. The normalized spacial score (nSPS) is 11.2. The van der Waals surface area contributed by atoms with Crippen LogP contribution in [0.25, 0.3) is 22.0 Å².